The Bertz CT molecular complexity index is 194. The van der Waals surface area contributed by atoms with Gasteiger partial charge in [0.05, 0.1) is 6.26 Å². The van der Waals surface area contributed by atoms with Crippen molar-refractivity contribution in [2.75, 3.05) is 0 Å². The zero-order valence-electron chi connectivity index (χ0n) is 14.8. The molecule has 0 radical (unpaired) electrons. The van der Waals surface area contributed by atoms with Crippen LogP contribution in [-0.2, 0) is 0 Å². The molecule has 1 heteroatoms. The highest BCUT2D eigenvalue weighted by Crippen LogP contribution is 2.22. The van der Waals surface area contributed by atoms with Crippen molar-refractivity contribution in [3.63, 3.8) is 0 Å². The number of unbranched alkanes of at least 4 members (excludes halogenated alkanes) is 10. The molecule has 0 aliphatic heterocycles. The van der Waals surface area contributed by atoms with Crippen LogP contribution in [0.3, 0.4) is 0 Å². The summed E-state index contributed by atoms with van der Waals surface area (Å²) in [5.41, 5.74) is 0. The first-order valence-corrected chi connectivity index (χ1v) is 9.64. The van der Waals surface area contributed by atoms with Gasteiger partial charge >= 0.3 is 0 Å². The summed E-state index contributed by atoms with van der Waals surface area (Å²) in [4.78, 5) is 0. The quantitative estimate of drug-likeness (QED) is 0.230. The van der Waals surface area contributed by atoms with Gasteiger partial charge in [-0.05, 0) is 18.4 Å². The second kappa shape index (κ2) is 17.6. The van der Waals surface area contributed by atoms with Gasteiger partial charge in [-0.15, -0.1) is 0 Å². The minimum Gasteiger partial charge on any atom is -0.516 e. The van der Waals surface area contributed by atoms with Crippen LogP contribution >= 0.6 is 0 Å². The molecule has 0 saturated carbocycles. The molecule has 1 N–H and O–H groups in total. The van der Waals surface area contributed by atoms with Gasteiger partial charge in [0.1, 0.15) is 0 Å². The van der Waals surface area contributed by atoms with Crippen LogP contribution in [0.4, 0.5) is 0 Å². The van der Waals surface area contributed by atoms with Crippen molar-refractivity contribution in [2.45, 2.75) is 110 Å². The largest absolute Gasteiger partial charge is 0.516 e. The van der Waals surface area contributed by atoms with E-state index in [4.69, 9.17) is 5.11 Å². The Labute approximate surface area is 134 Å². The fourth-order valence-electron chi connectivity index (χ4n) is 3.06. The molecule has 21 heavy (non-hydrogen) atoms. The van der Waals surface area contributed by atoms with E-state index < -0.39 is 0 Å². The number of aliphatic hydroxyl groups excluding tert-OH is 1. The molecule has 1 nitrogen and oxygen atoms in total. The van der Waals surface area contributed by atoms with Crippen LogP contribution in [0.1, 0.15) is 110 Å². The zero-order valence-corrected chi connectivity index (χ0v) is 14.8. The van der Waals surface area contributed by atoms with E-state index in [-0.39, 0.29) is 0 Å². The Morgan fingerprint density at radius 2 is 1.10 bits per heavy atom. The van der Waals surface area contributed by atoms with Crippen LogP contribution in [0.5, 0.6) is 0 Å². The minimum absolute atomic E-state index is 0.797. The molecular weight excluding hydrogens is 256 g/mol. The van der Waals surface area contributed by atoms with Crippen LogP contribution in [-0.4, -0.2) is 5.11 Å². The number of rotatable bonds is 16. The van der Waals surface area contributed by atoms with Gasteiger partial charge in [-0.2, -0.15) is 0 Å². The first-order chi connectivity index (χ1) is 10.3. The average Bonchev–Trinajstić information content (AvgIpc) is 2.50. The third-order valence-electron chi connectivity index (χ3n) is 4.51. The van der Waals surface area contributed by atoms with Crippen molar-refractivity contribution in [3.05, 3.63) is 12.3 Å². The summed E-state index contributed by atoms with van der Waals surface area (Å²) in [5, 5.41) is 8.87. The zero-order chi connectivity index (χ0) is 15.6. The summed E-state index contributed by atoms with van der Waals surface area (Å²) < 4.78 is 0. The fourth-order valence-corrected chi connectivity index (χ4v) is 3.06. The maximum atomic E-state index is 8.87. The third-order valence-corrected chi connectivity index (χ3v) is 4.51. The summed E-state index contributed by atoms with van der Waals surface area (Å²) in [6.07, 6.45) is 23.6. The predicted octanol–water partition coefficient (Wildman–Crippen LogP) is 7.57. The van der Waals surface area contributed by atoms with Crippen molar-refractivity contribution in [1.82, 2.24) is 0 Å². The van der Waals surface area contributed by atoms with E-state index >= 15 is 0 Å². The predicted molar refractivity (Wildman–Crippen MR) is 95.9 cm³/mol. The van der Waals surface area contributed by atoms with Gasteiger partial charge in [0.25, 0.3) is 0 Å². The lowest BCUT2D eigenvalue weighted by atomic mass is 9.91. The maximum Gasteiger partial charge on any atom is 0.0751 e. The van der Waals surface area contributed by atoms with E-state index in [9.17, 15) is 0 Å². The van der Waals surface area contributed by atoms with E-state index in [0.717, 1.165) is 12.3 Å². The van der Waals surface area contributed by atoms with E-state index in [1.165, 1.54) is 96.2 Å². The highest BCUT2D eigenvalue weighted by molar-refractivity contribution is 4.76. The van der Waals surface area contributed by atoms with Crippen LogP contribution in [0, 0.1) is 5.92 Å². The minimum atomic E-state index is 0.797. The molecule has 0 saturated heterocycles. The van der Waals surface area contributed by atoms with Gasteiger partial charge in [0.2, 0.25) is 0 Å². The molecule has 0 bridgehead atoms. The number of aliphatic hydroxyl groups is 1. The molecular formula is C20H40O. The molecule has 0 atom stereocenters. The Balaban J connectivity index is 3.61. The average molecular weight is 297 g/mol. The van der Waals surface area contributed by atoms with E-state index in [1.807, 2.05) is 6.08 Å². The van der Waals surface area contributed by atoms with Gasteiger partial charge in [-0.1, -0.05) is 104 Å². The monoisotopic (exact) mass is 296 g/mol. The Morgan fingerprint density at radius 3 is 1.52 bits per heavy atom. The van der Waals surface area contributed by atoms with E-state index in [1.54, 1.807) is 0 Å². The Hall–Kier alpha value is -0.460. The van der Waals surface area contributed by atoms with Crippen LogP contribution in [0.15, 0.2) is 12.3 Å². The maximum absolute atomic E-state index is 8.87. The second-order valence-corrected chi connectivity index (χ2v) is 6.60. The van der Waals surface area contributed by atoms with E-state index in [0.29, 0.717) is 0 Å². The lowest BCUT2D eigenvalue weighted by molar-refractivity contribution is 0.399. The van der Waals surface area contributed by atoms with E-state index in [2.05, 4.69) is 13.8 Å². The highest BCUT2D eigenvalue weighted by atomic mass is 16.2. The topological polar surface area (TPSA) is 20.2 Å². The van der Waals surface area contributed by atoms with Crippen LogP contribution in [0.25, 0.3) is 0 Å². The third kappa shape index (κ3) is 15.7. The SMILES string of the molecule is CCCCCCCCC(C/C=C/O)CCCCCCCC. The van der Waals surface area contributed by atoms with Crippen LogP contribution < -0.4 is 0 Å². The molecule has 0 aromatic carbocycles. The molecule has 0 aliphatic carbocycles. The highest BCUT2D eigenvalue weighted by Gasteiger charge is 2.07. The molecule has 0 aromatic heterocycles. The molecule has 0 spiro atoms. The summed E-state index contributed by atoms with van der Waals surface area (Å²) in [6.45, 7) is 4.55. The lowest BCUT2D eigenvalue weighted by Gasteiger charge is -2.15. The summed E-state index contributed by atoms with van der Waals surface area (Å²) >= 11 is 0. The Kier molecular flexibility index (Phi) is 17.2. The second-order valence-electron chi connectivity index (χ2n) is 6.60. The van der Waals surface area contributed by atoms with Crippen molar-refractivity contribution >= 4 is 0 Å². The lowest BCUT2D eigenvalue weighted by Crippen LogP contribution is -2.00. The molecule has 0 aliphatic rings. The molecule has 0 aromatic rings. The number of allylic oxidation sites excluding steroid dienone is 1. The number of hydrogen-bond acceptors (Lipinski definition) is 1. The van der Waals surface area contributed by atoms with Gasteiger partial charge < -0.3 is 5.11 Å². The fraction of sp³-hybridized carbons (Fsp3) is 0.900. The van der Waals surface area contributed by atoms with Crippen molar-refractivity contribution in [1.29, 1.82) is 0 Å². The summed E-state index contributed by atoms with van der Waals surface area (Å²) in [6, 6.07) is 0. The Morgan fingerprint density at radius 1 is 0.667 bits per heavy atom. The van der Waals surface area contributed by atoms with Crippen LogP contribution in [0.2, 0.25) is 0 Å². The first-order valence-electron chi connectivity index (χ1n) is 9.64. The molecule has 0 unspecified atom stereocenters. The van der Waals surface area contributed by atoms with Gasteiger partial charge in [-0.25, -0.2) is 0 Å². The molecule has 0 fully saturated rings. The molecule has 0 rings (SSSR count). The van der Waals surface area contributed by atoms with Crippen molar-refractivity contribution < 1.29 is 5.11 Å². The molecule has 0 amide bonds. The molecule has 0 heterocycles. The van der Waals surface area contributed by atoms with Gasteiger partial charge in [0, 0.05) is 0 Å². The first kappa shape index (κ1) is 20.5. The number of hydrogen-bond donors (Lipinski definition) is 1. The normalized spacial score (nSPS) is 11.8. The molecule has 126 valence electrons. The van der Waals surface area contributed by atoms with Crippen molar-refractivity contribution in [2.24, 2.45) is 5.92 Å². The summed E-state index contributed by atoms with van der Waals surface area (Å²) in [7, 11) is 0. The standard InChI is InChI=1S/C20H40O/c1-3-5-7-9-11-13-16-20(18-15-19-21)17-14-12-10-8-6-4-2/h15,19-21H,3-14,16-18H2,1-2H3/b19-15+. The summed E-state index contributed by atoms with van der Waals surface area (Å²) in [5.74, 6) is 0.797. The van der Waals surface area contributed by atoms with Crippen molar-refractivity contribution in [3.8, 4) is 0 Å². The smallest absolute Gasteiger partial charge is 0.0751 e. The van der Waals surface area contributed by atoms with Gasteiger partial charge in [-0.3, -0.25) is 0 Å². The van der Waals surface area contributed by atoms with Gasteiger partial charge in [0.15, 0.2) is 0 Å².